The summed E-state index contributed by atoms with van der Waals surface area (Å²) >= 11 is 0. The lowest BCUT2D eigenvalue weighted by atomic mass is 9.99. The summed E-state index contributed by atoms with van der Waals surface area (Å²) in [6, 6.07) is 8.95. The molecular formula is C22H24N4O5. The molecule has 0 bridgehead atoms. The van der Waals surface area contributed by atoms with Crippen molar-refractivity contribution in [3.8, 4) is 45.4 Å². The molecule has 0 saturated carbocycles. The molecule has 3 rings (SSSR count). The van der Waals surface area contributed by atoms with Crippen LogP contribution in [0.5, 0.6) is 23.0 Å². The third-order valence-corrected chi connectivity index (χ3v) is 4.56. The van der Waals surface area contributed by atoms with Crippen LogP contribution in [0.3, 0.4) is 0 Å². The molecule has 0 unspecified atom stereocenters. The van der Waals surface area contributed by atoms with Gasteiger partial charge in [0.15, 0.2) is 11.5 Å². The van der Waals surface area contributed by atoms with E-state index in [0.29, 0.717) is 45.5 Å². The minimum Gasteiger partial charge on any atom is -0.495 e. The molecule has 0 aliphatic carbocycles. The Bertz CT molecular complexity index is 1090. The number of carbonyl (C=O) groups excluding carboxylic acids is 1. The first-order valence-corrected chi connectivity index (χ1v) is 9.30. The fourth-order valence-electron chi connectivity index (χ4n) is 3.15. The highest BCUT2D eigenvalue weighted by Gasteiger charge is 2.19. The first-order valence-electron chi connectivity index (χ1n) is 9.30. The van der Waals surface area contributed by atoms with Gasteiger partial charge in [-0.2, -0.15) is 0 Å². The summed E-state index contributed by atoms with van der Waals surface area (Å²) < 4.78 is 21.6. The zero-order valence-corrected chi connectivity index (χ0v) is 18.0. The number of nitrogens with two attached hydrogens (primary N) is 1. The summed E-state index contributed by atoms with van der Waals surface area (Å²) in [5, 5.41) is 2.61. The number of nitrogens with one attached hydrogen (secondary N) is 1. The van der Waals surface area contributed by atoms with E-state index in [2.05, 4.69) is 15.3 Å². The third-order valence-electron chi connectivity index (χ3n) is 4.56. The van der Waals surface area contributed by atoms with Crippen molar-refractivity contribution < 1.29 is 23.7 Å². The van der Waals surface area contributed by atoms with E-state index < -0.39 is 0 Å². The summed E-state index contributed by atoms with van der Waals surface area (Å²) in [4.78, 5) is 20.4. The molecule has 0 aliphatic rings. The van der Waals surface area contributed by atoms with E-state index in [0.717, 1.165) is 5.56 Å². The van der Waals surface area contributed by atoms with Gasteiger partial charge >= 0.3 is 0 Å². The van der Waals surface area contributed by atoms with Gasteiger partial charge in [0.2, 0.25) is 17.6 Å². The molecule has 162 valence electrons. The van der Waals surface area contributed by atoms with Gasteiger partial charge in [0.05, 0.1) is 39.8 Å². The quantitative estimate of drug-likeness (QED) is 0.554. The topological polar surface area (TPSA) is 118 Å². The van der Waals surface area contributed by atoms with Crippen LogP contribution in [0.4, 0.5) is 11.6 Å². The predicted molar refractivity (Wildman–Crippen MR) is 118 cm³/mol. The summed E-state index contributed by atoms with van der Waals surface area (Å²) in [7, 11) is 6.16. The van der Waals surface area contributed by atoms with Crippen LogP contribution >= 0.6 is 0 Å². The standard InChI is InChI=1S/C22H24N4O5/c1-12(27)25-22-24-11-15(13-6-7-17(28-2)16(23)8-13)20(26-22)14-9-18(29-3)21(31-5)19(10-14)30-4/h6-11H,23H2,1-5H3,(H,24,25,26,27). The van der Waals surface area contributed by atoms with Gasteiger partial charge in [0, 0.05) is 24.2 Å². The number of hydrogen-bond donors (Lipinski definition) is 2. The summed E-state index contributed by atoms with van der Waals surface area (Å²) in [6.07, 6.45) is 1.62. The van der Waals surface area contributed by atoms with Crippen molar-refractivity contribution in [2.24, 2.45) is 0 Å². The minimum absolute atomic E-state index is 0.168. The number of rotatable bonds is 7. The lowest BCUT2D eigenvalue weighted by molar-refractivity contribution is -0.114. The molecule has 2 aromatic carbocycles. The van der Waals surface area contributed by atoms with Crippen LogP contribution in [0.1, 0.15) is 6.92 Å². The predicted octanol–water partition coefficient (Wildman–Crippen LogP) is 3.39. The monoisotopic (exact) mass is 424 g/mol. The van der Waals surface area contributed by atoms with Crippen LogP contribution in [-0.4, -0.2) is 44.3 Å². The summed E-state index contributed by atoms with van der Waals surface area (Å²) in [5.74, 6) is 1.85. The second-order valence-electron chi connectivity index (χ2n) is 6.51. The van der Waals surface area contributed by atoms with Gasteiger partial charge < -0.3 is 24.7 Å². The maximum absolute atomic E-state index is 11.5. The van der Waals surface area contributed by atoms with E-state index in [1.54, 1.807) is 37.6 Å². The second kappa shape index (κ2) is 9.21. The Morgan fingerprint density at radius 1 is 0.903 bits per heavy atom. The maximum atomic E-state index is 11.5. The molecule has 0 atom stereocenters. The van der Waals surface area contributed by atoms with Gasteiger partial charge in [0.25, 0.3) is 0 Å². The van der Waals surface area contributed by atoms with Crippen LogP contribution in [0.15, 0.2) is 36.5 Å². The van der Waals surface area contributed by atoms with Crippen LogP contribution in [0, 0.1) is 0 Å². The highest BCUT2D eigenvalue weighted by molar-refractivity contribution is 5.89. The average molecular weight is 424 g/mol. The number of anilines is 2. The van der Waals surface area contributed by atoms with E-state index in [4.69, 9.17) is 24.7 Å². The van der Waals surface area contributed by atoms with Crippen molar-refractivity contribution in [3.05, 3.63) is 36.5 Å². The van der Waals surface area contributed by atoms with Crippen molar-refractivity contribution in [2.75, 3.05) is 39.5 Å². The first kappa shape index (κ1) is 21.7. The summed E-state index contributed by atoms with van der Waals surface area (Å²) in [5.41, 5.74) is 9.26. The van der Waals surface area contributed by atoms with E-state index in [1.165, 1.54) is 28.3 Å². The molecule has 31 heavy (non-hydrogen) atoms. The fraction of sp³-hybridized carbons (Fsp3) is 0.227. The van der Waals surface area contributed by atoms with Gasteiger partial charge in [0.1, 0.15) is 5.75 Å². The molecule has 9 nitrogen and oxygen atoms in total. The number of nitrogens with zero attached hydrogens (tertiary/aromatic N) is 2. The second-order valence-corrected chi connectivity index (χ2v) is 6.51. The van der Waals surface area contributed by atoms with Crippen LogP contribution < -0.4 is 30.0 Å². The van der Waals surface area contributed by atoms with Crippen LogP contribution in [-0.2, 0) is 4.79 Å². The Morgan fingerprint density at radius 2 is 1.55 bits per heavy atom. The van der Waals surface area contributed by atoms with Gasteiger partial charge in [-0.15, -0.1) is 0 Å². The Kier molecular flexibility index (Phi) is 6.44. The molecule has 3 N–H and O–H groups in total. The van der Waals surface area contributed by atoms with Gasteiger partial charge in [-0.1, -0.05) is 6.07 Å². The molecule has 0 spiro atoms. The molecule has 1 heterocycles. The van der Waals surface area contributed by atoms with Crippen molar-refractivity contribution >= 4 is 17.5 Å². The van der Waals surface area contributed by atoms with E-state index >= 15 is 0 Å². The first-order chi connectivity index (χ1) is 14.9. The third kappa shape index (κ3) is 4.45. The van der Waals surface area contributed by atoms with Crippen molar-refractivity contribution in [1.82, 2.24) is 9.97 Å². The molecule has 0 saturated heterocycles. The lowest BCUT2D eigenvalue weighted by Gasteiger charge is -2.16. The Balaban J connectivity index is 2.26. The number of aromatic nitrogens is 2. The van der Waals surface area contributed by atoms with Crippen molar-refractivity contribution in [3.63, 3.8) is 0 Å². The molecule has 0 aliphatic heterocycles. The zero-order chi connectivity index (χ0) is 22.5. The lowest BCUT2D eigenvalue weighted by Crippen LogP contribution is -2.10. The largest absolute Gasteiger partial charge is 0.495 e. The minimum atomic E-state index is -0.280. The van der Waals surface area contributed by atoms with Crippen molar-refractivity contribution in [2.45, 2.75) is 6.92 Å². The Labute approximate surface area is 180 Å². The number of benzene rings is 2. The fourth-order valence-corrected chi connectivity index (χ4v) is 3.15. The van der Waals surface area contributed by atoms with Crippen LogP contribution in [0.25, 0.3) is 22.4 Å². The highest BCUT2D eigenvalue weighted by Crippen LogP contribution is 2.43. The summed E-state index contributed by atoms with van der Waals surface area (Å²) in [6.45, 7) is 1.39. The number of hydrogen-bond acceptors (Lipinski definition) is 8. The molecule has 9 heteroatoms. The van der Waals surface area contributed by atoms with Crippen LogP contribution in [0.2, 0.25) is 0 Å². The van der Waals surface area contributed by atoms with E-state index in [1.807, 2.05) is 6.07 Å². The Morgan fingerprint density at radius 3 is 2.06 bits per heavy atom. The number of carbonyl (C=O) groups is 1. The van der Waals surface area contributed by atoms with Gasteiger partial charge in [-0.3, -0.25) is 10.1 Å². The molecule has 0 radical (unpaired) electrons. The SMILES string of the molecule is COc1ccc(-c2cnc(NC(C)=O)nc2-c2cc(OC)c(OC)c(OC)c2)cc1N. The van der Waals surface area contributed by atoms with E-state index in [-0.39, 0.29) is 11.9 Å². The molecule has 1 amide bonds. The molecule has 3 aromatic rings. The molecular weight excluding hydrogens is 400 g/mol. The van der Waals surface area contributed by atoms with Gasteiger partial charge in [-0.25, -0.2) is 9.97 Å². The Hall–Kier alpha value is -4.01. The smallest absolute Gasteiger partial charge is 0.229 e. The maximum Gasteiger partial charge on any atom is 0.229 e. The molecule has 1 aromatic heterocycles. The normalized spacial score (nSPS) is 10.4. The zero-order valence-electron chi connectivity index (χ0n) is 18.0. The number of ether oxygens (including phenoxy) is 4. The van der Waals surface area contributed by atoms with Crippen molar-refractivity contribution in [1.29, 1.82) is 0 Å². The number of nitrogen functional groups attached to an aromatic ring is 1. The molecule has 0 fully saturated rings. The number of amides is 1. The van der Waals surface area contributed by atoms with E-state index in [9.17, 15) is 4.79 Å². The highest BCUT2D eigenvalue weighted by atomic mass is 16.5. The number of methoxy groups -OCH3 is 4. The van der Waals surface area contributed by atoms with Gasteiger partial charge in [-0.05, 0) is 29.8 Å². The average Bonchev–Trinajstić information content (AvgIpc) is 2.77.